The number of carbonyl (C=O) groups excluding carboxylic acids is 1. The molecule has 0 aliphatic carbocycles. The summed E-state index contributed by atoms with van der Waals surface area (Å²) in [5, 5.41) is 0.0274. The van der Waals surface area contributed by atoms with Gasteiger partial charge in [0.15, 0.2) is 0 Å². The molecule has 0 amide bonds. The number of aromatic nitrogens is 1. The summed E-state index contributed by atoms with van der Waals surface area (Å²) in [6.07, 6.45) is 0.553. The molecule has 2 heterocycles. The predicted octanol–water partition coefficient (Wildman–Crippen LogP) is 3.57. The molecule has 2 aromatic rings. The Labute approximate surface area is 186 Å². The smallest absolute Gasteiger partial charge is 0.306 e. The number of likely N-dealkylation sites (N-methyl/N-ethyl adjacent to an activating group) is 1. The van der Waals surface area contributed by atoms with Crippen LogP contribution in [0.2, 0.25) is 10.0 Å². The van der Waals surface area contributed by atoms with Gasteiger partial charge < -0.3 is 9.47 Å². The summed E-state index contributed by atoms with van der Waals surface area (Å²) >= 11 is 12.7. The quantitative estimate of drug-likeness (QED) is 0.409. The third kappa shape index (κ3) is 5.50. The first kappa shape index (κ1) is 23.0. The van der Waals surface area contributed by atoms with E-state index in [0.717, 1.165) is 0 Å². The summed E-state index contributed by atoms with van der Waals surface area (Å²) in [6.45, 7) is 2.87. The summed E-state index contributed by atoms with van der Waals surface area (Å²) in [7, 11) is -2.40. The van der Waals surface area contributed by atoms with Gasteiger partial charge in [0.05, 0.1) is 41.5 Å². The minimum Gasteiger partial charge on any atom is -0.466 e. The lowest BCUT2D eigenvalue weighted by Gasteiger charge is -2.18. The number of pyridine rings is 1. The first-order valence-corrected chi connectivity index (χ1v) is 11.6. The molecule has 1 aromatic carbocycles. The second kappa shape index (κ2) is 9.62. The molecular formula is C20H22Cl2N2O5S. The van der Waals surface area contributed by atoms with E-state index in [0.29, 0.717) is 36.6 Å². The highest BCUT2D eigenvalue weighted by atomic mass is 35.5. The van der Waals surface area contributed by atoms with E-state index in [-0.39, 0.29) is 40.0 Å². The number of ether oxygens (including phenoxy) is 2. The van der Waals surface area contributed by atoms with E-state index >= 15 is 0 Å². The molecule has 0 N–H and O–H groups in total. The molecule has 30 heavy (non-hydrogen) atoms. The van der Waals surface area contributed by atoms with Gasteiger partial charge in [-0.25, -0.2) is 8.42 Å². The first-order valence-electron chi connectivity index (χ1n) is 9.41. The zero-order valence-electron chi connectivity index (χ0n) is 16.6. The van der Waals surface area contributed by atoms with E-state index in [1.165, 1.54) is 23.5 Å². The average Bonchev–Trinajstić information content (AvgIpc) is 3.50. The number of carbonyl (C=O) groups is 1. The number of rotatable bonds is 9. The van der Waals surface area contributed by atoms with Crippen molar-refractivity contribution >= 4 is 39.2 Å². The topological polar surface area (TPSA) is 89.1 Å². The normalized spacial score (nSPS) is 16.0. The maximum Gasteiger partial charge on any atom is 0.306 e. The van der Waals surface area contributed by atoms with E-state index < -0.39 is 10.0 Å². The first-order chi connectivity index (χ1) is 14.2. The van der Waals surface area contributed by atoms with Crippen molar-refractivity contribution in [2.24, 2.45) is 0 Å². The van der Waals surface area contributed by atoms with Crippen molar-refractivity contribution < 1.29 is 22.7 Å². The molecule has 0 radical (unpaired) electrons. The highest BCUT2D eigenvalue weighted by Gasteiger charge is 2.33. The minimum absolute atomic E-state index is 0.0137. The largest absolute Gasteiger partial charge is 0.466 e. The summed E-state index contributed by atoms with van der Waals surface area (Å²) in [5.41, 5.74) is 1.85. The van der Waals surface area contributed by atoms with Crippen LogP contribution in [-0.2, 0) is 30.7 Å². The molecule has 1 saturated heterocycles. The van der Waals surface area contributed by atoms with Crippen molar-refractivity contribution in [2.45, 2.75) is 30.8 Å². The highest BCUT2D eigenvalue weighted by Crippen LogP contribution is 2.36. The number of hydrogen-bond acceptors (Lipinski definition) is 6. The van der Waals surface area contributed by atoms with Gasteiger partial charge in [0.25, 0.3) is 0 Å². The van der Waals surface area contributed by atoms with E-state index in [4.69, 9.17) is 32.7 Å². The van der Waals surface area contributed by atoms with Crippen LogP contribution in [0.3, 0.4) is 0 Å². The van der Waals surface area contributed by atoms with Crippen molar-refractivity contribution in [3.05, 3.63) is 46.1 Å². The Bertz CT molecular complexity index is 1020. The second-order valence-corrected chi connectivity index (χ2v) is 9.63. The standard InChI is InChI=1S/C20H22Cl2N2O5S/c1-3-28-19(25)8-7-14-5-4-6-18(23-14)13-9-16(21)20(17(22)10-13)30(26,27)24(2)11-15-12-29-15/h4-6,9-10,15H,3,7-8,11-12H2,1-2H3. The van der Waals surface area contributed by atoms with Crippen molar-refractivity contribution in [3.8, 4) is 11.3 Å². The van der Waals surface area contributed by atoms with Crippen molar-refractivity contribution in [2.75, 3.05) is 26.8 Å². The van der Waals surface area contributed by atoms with Gasteiger partial charge >= 0.3 is 5.97 Å². The molecule has 1 aliphatic rings. The van der Waals surface area contributed by atoms with Crippen LogP contribution < -0.4 is 0 Å². The monoisotopic (exact) mass is 472 g/mol. The SMILES string of the molecule is CCOC(=O)CCc1cccc(-c2cc(Cl)c(S(=O)(=O)N(C)CC3CO3)c(Cl)c2)n1. The zero-order chi connectivity index (χ0) is 21.9. The van der Waals surface area contributed by atoms with Gasteiger partial charge in [-0.3, -0.25) is 9.78 Å². The van der Waals surface area contributed by atoms with E-state index in [2.05, 4.69) is 4.98 Å². The molecule has 0 saturated carbocycles. The number of sulfonamides is 1. The molecular weight excluding hydrogens is 451 g/mol. The fraction of sp³-hybridized carbons (Fsp3) is 0.400. The van der Waals surface area contributed by atoms with Crippen LogP contribution in [0, 0.1) is 0 Å². The Morgan fingerprint density at radius 2 is 1.97 bits per heavy atom. The third-order valence-corrected chi connectivity index (χ3v) is 7.27. The molecule has 1 aromatic heterocycles. The van der Waals surface area contributed by atoms with Crippen molar-refractivity contribution in [1.82, 2.24) is 9.29 Å². The lowest BCUT2D eigenvalue weighted by atomic mass is 10.1. The Balaban J connectivity index is 1.84. The molecule has 0 bridgehead atoms. The van der Waals surface area contributed by atoms with Gasteiger partial charge in [0, 0.05) is 31.3 Å². The van der Waals surface area contributed by atoms with E-state index in [1.54, 1.807) is 25.1 Å². The molecule has 0 spiro atoms. The molecule has 162 valence electrons. The van der Waals surface area contributed by atoms with Gasteiger partial charge in [0.2, 0.25) is 10.0 Å². The van der Waals surface area contributed by atoms with Crippen molar-refractivity contribution in [3.63, 3.8) is 0 Å². The number of halogens is 2. The number of hydrogen-bond donors (Lipinski definition) is 0. The van der Waals surface area contributed by atoms with Gasteiger partial charge in [0.1, 0.15) is 4.90 Å². The van der Waals surface area contributed by atoms with Crippen LogP contribution in [0.1, 0.15) is 19.0 Å². The maximum atomic E-state index is 12.9. The second-order valence-electron chi connectivity index (χ2n) is 6.83. The van der Waals surface area contributed by atoms with Crippen LogP contribution >= 0.6 is 23.2 Å². The van der Waals surface area contributed by atoms with E-state index in [1.807, 2.05) is 0 Å². The fourth-order valence-electron chi connectivity index (χ4n) is 2.91. The minimum atomic E-state index is -3.87. The maximum absolute atomic E-state index is 12.9. The highest BCUT2D eigenvalue weighted by molar-refractivity contribution is 7.89. The van der Waals surface area contributed by atoms with Crippen molar-refractivity contribution in [1.29, 1.82) is 0 Å². The summed E-state index contributed by atoms with van der Waals surface area (Å²) < 4.78 is 37.0. The molecule has 1 unspecified atom stereocenters. The number of nitrogens with zero attached hydrogens (tertiary/aromatic N) is 2. The van der Waals surface area contributed by atoms with Crippen LogP contribution in [0.15, 0.2) is 35.2 Å². The summed E-state index contributed by atoms with van der Waals surface area (Å²) in [5.74, 6) is -0.286. The summed E-state index contributed by atoms with van der Waals surface area (Å²) in [6, 6.07) is 8.43. The molecule has 1 fully saturated rings. The number of epoxide rings is 1. The molecule has 3 rings (SSSR count). The van der Waals surface area contributed by atoms with Crippen LogP contribution in [0.25, 0.3) is 11.3 Å². The molecule has 1 aliphatic heterocycles. The van der Waals surface area contributed by atoms with Gasteiger partial charge in [-0.15, -0.1) is 0 Å². The van der Waals surface area contributed by atoms with E-state index in [9.17, 15) is 13.2 Å². The Morgan fingerprint density at radius 1 is 1.30 bits per heavy atom. The lowest BCUT2D eigenvalue weighted by molar-refractivity contribution is -0.143. The zero-order valence-corrected chi connectivity index (χ0v) is 18.9. The lowest BCUT2D eigenvalue weighted by Crippen LogP contribution is -2.31. The number of benzene rings is 1. The van der Waals surface area contributed by atoms with Crippen LogP contribution in [-0.4, -0.2) is 56.6 Å². The van der Waals surface area contributed by atoms with Crippen LogP contribution in [0.4, 0.5) is 0 Å². The average molecular weight is 473 g/mol. The third-order valence-electron chi connectivity index (χ3n) is 4.52. The van der Waals surface area contributed by atoms with Gasteiger partial charge in [-0.05, 0) is 31.2 Å². The Morgan fingerprint density at radius 3 is 2.57 bits per heavy atom. The number of aryl methyl sites for hydroxylation is 1. The van der Waals surface area contributed by atoms with Gasteiger partial charge in [-0.1, -0.05) is 29.3 Å². The predicted molar refractivity (Wildman–Crippen MR) is 114 cm³/mol. The Hall–Kier alpha value is -1.71. The molecule has 1 atom stereocenters. The van der Waals surface area contributed by atoms with Gasteiger partial charge in [-0.2, -0.15) is 4.31 Å². The Kier molecular flexibility index (Phi) is 7.36. The number of esters is 1. The fourth-order valence-corrected chi connectivity index (χ4v) is 5.27. The molecule has 7 nitrogen and oxygen atoms in total. The molecule has 10 heteroatoms. The van der Waals surface area contributed by atoms with Crippen LogP contribution in [0.5, 0.6) is 0 Å². The summed E-state index contributed by atoms with van der Waals surface area (Å²) in [4.78, 5) is 16.0.